The Morgan fingerprint density at radius 2 is 2.11 bits per heavy atom. The van der Waals surface area contributed by atoms with Crippen molar-refractivity contribution in [3.8, 4) is 11.4 Å². The van der Waals surface area contributed by atoms with E-state index in [1.54, 1.807) is 12.1 Å². The van der Waals surface area contributed by atoms with Crippen molar-refractivity contribution in [2.24, 2.45) is 0 Å². The van der Waals surface area contributed by atoms with Gasteiger partial charge in [-0.05, 0) is 18.6 Å². The lowest BCUT2D eigenvalue weighted by Gasteiger charge is -2.23. The molecule has 4 nitrogen and oxygen atoms in total. The molecule has 1 atom stereocenters. The van der Waals surface area contributed by atoms with Gasteiger partial charge in [-0.1, -0.05) is 12.1 Å². The van der Waals surface area contributed by atoms with E-state index in [9.17, 15) is 13.2 Å². The Bertz CT molecular complexity index is 596. The topological polar surface area (TPSA) is 42.7 Å². The Labute approximate surface area is 107 Å². The van der Waals surface area contributed by atoms with Crippen LogP contribution in [0.1, 0.15) is 12.5 Å². The molecule has 1 N–H and O–H groups in total. The van der Waals surface area contributed by atoms with Crippen LogP contribution >= 0.6 is 0 Å². The highest BCUT2D eigenvalue weighted by Crippen LogP contribution is 2.30. The zero-order chi connectivity index (χ0) is 13.4. The molecule has 1 aromatic heterocycles. The molecular weight excluding hydrogens is 257 g/mol. The predicted molar refractivity (Wildman–Crippen MR) is 63.6 cm³/mol. The minimum absolute atomic E-state index is 0.119. The second kappa shape index (κ2) is 4.56. The molecule has 2 heterocycles. The van der Waals surface area contributed by atoms with Gasteiger partial charge in [0.2, 0.25) is 5.95 Å². The van der Waals surface area contributed by atoms with Crippen molar-refractivity contribution in [3.05, 3.63) is 30.1 Å². The van der Waals surface area contributed by atoms with Crippen molar-refractivity contribution in [1.82, 2.24) is 14.8 Å². The van der Waals surface area contributed by atoms with Crippen LogP contribution in [-0.2, 0) is 0 Å². The van der Waals surface area contributed by atoms with Crippen LogP contribution in [0.5, 0.6) is 0 Å². The van der Waals surface area contributed by atoms with E-state index in [2.05, 4.69) is 15.4 Å². The monoisotopic (exact) mass is 268 g/mol. The molecule has 2 aromatic rings. The minimum atomic E-state index is -2.52. The zero-order valence-electron chi connectivity index (χ0n) is 9.85. The van der Waals surface area contributed by atoms with Gasteiger partial charge in [0.1, 0.15) is 11.9 Å². The third-order valence-corrected chi connectivity index (χ3v) is 3.07. The lowest BCUT2D eigenvalue weighted by molar-refractivity contribution is 0.0714. The van der Waals surface area contributed by atoms with Crippen molar-refractivity contribution in [3.63, 3.8) is 0 Å². The van der Waals surface area contributed by atoms with Crippen LogP contribution in [0, 0.1) is 5.82 Å². The van der Waals surface area contributed by atoms with Crippen LogP contribution in [0.3, 0.4) is 0 Å². The second-order valence-electron chi connectivity index (χ2n) is 4.30. The summed E-state index contributed by atoms with van der Waals surface area (Å²) in [6, 6.07) is 5.00. The molecule has 1 aromatic carbocycles. The van der Waals surface area contributed by atoms with Gasteiger partial charge in [0.15, 0.2) is 5.82 Å². The quantitative estimate of drug-likeness (QED) is 0.910. The highest BCUT2D eigenvalue weighted by Gasteiger charge is 2.30. The molecule has 0 bridgehead atoms. The Kier molecular flexibility index (Phi) is 2.88. The van der Waals surface area contributed by atoms with Gasteiger partial charge in [0.05, 0.1) is 5.56 Å². The third-order valence-electron chi connectivity index (χ3n) is 3.07. The van der Waals surface area contributed by atoms with Crippen LogP contribution in [-0.4, -0.2) is 27.7 Å². The highest BCUT2D eigenvalue weighted by atomic mass is 19.3. The molecule has 1 aliphatic rings. The lowest BCUT2D eigenvalue weighted by atomic mass is 10.2. The Balaban J connectivity index is 2.05. The van der Waals surface area contributed by atoms with Crippen LogP contribution in [0.2, 0.25) is 0 Å². The summed E-state index contributed by atoms with van der Waals surface area (Å²) in [7, 11) is 0. The summed E-state index contributed by atoms with van der Waals surface area (Å²) in [5.41, 5.74) is 0.208. The molecule has 0 radical (unpaired) electrons. The zero-order valence-corrected chi connectivity index (χ0v) is 9.85. The first-order valence-corrected chi connectivity index (χ1v) is 5.90. The van der Waals surface area contributed by atoms with Crippen LogP contribution in [0.4, 0.5) is 19.1 Å². The van der Waals surface area contributed by atoms with Crippen LogP contribution in [0.15, 0.2) is 24.3 Å². The molecule has 7 heteroatoms. The normalized spacial score (nSPS) is 18.2. The summed E-state index contributed by atoms with van der Waals surface area (Å²) in [5.74, 6) is -0.0954. The smallest absolute Gasteiger partial charge is 0.260 e. The predicted octanol–water partition coefficient (Wildman–Crippen LogP) is 2.71. The summed E-state index contributed by atoms with van der Waals surface area (Å²) in [6.07, 6.45) is -2.25. The van der Waals surface area contributed by atoms with Gasteiger partial charge in [0.25, 0.3) is 6.43 Å². The molecule has 100 valence electrons. The van der Waals surface area contributed by atoms with Gasteiger partial charge >= 0.3 is 0 Å². The molecule has 1 unspecified atom stereocenters. The number of rotatable bonds is 2. The Morgan fingerprint density at radius 3 is 2.84 bits per heavy atom. The number of hydrogen-bond donors (Lipinski definition) is 1. The van der Waals surface area contributed by atoms with Gasteiger partial charge < -0.3 is 5.32 Å². The molecule has 0 spiro atoms. The van der Waals surface area contributed by atoms with E-state index in [-0.39, 0.29) is 23.8 Å². The average molecular weight is 268 g/mol. The van der Waals surface area contributed by atoms with E-state index in [0.29, 0.717) is 6.54 Å². The van der Waals surface area contributed by atoms with Gasteiger partial charge in [0, 0.05) is 6.54 Å². The first kappa shape index (κ1) is 12.0. The molecule has 1 aliphatic heterocycles. The fourth-order valence-electron chi connectivity index (χ4n) is 2.12. The van der Waals surface area contributed by atoms with E-state index in [0.717, 1.165) is 4.68 Å². The molecular formula is C12H11F3N4. The number of anilines is 1. The second-order valence-corrected chi connectivity index (χ2v) is 4.30. The summed E-state index contributed by atoms with van der Waals surface area (Å²) in [4.78, 5) is 4.08. The maximum Gasteiger partial charge on any atom is 0.260 e. The number of fused-ring (bicyclic) bond motifs is 1. The maximum atomic E-state index is 13.6. The molecule has 0 saturated heterocycles. The van der Waals surface area contributed by atoms with E-state index in [4.69, 9.17) is 0 Å². The minimum Gasteiger partial charge on any atom is -0.354 e. The van der Waals surface area contributed by atoms with Crippen LogP contribution < -0.4 is 5.32 Å². The largest absolute Gasteiger partial charge is 0.354 e. The highest BCUT2D eigenvalue weighted by molar-refractivity contribution is 5.57. The van der Waals surface area contributed by atoms with Crippen molar-refractivity contribution in [2.45, 2.75) is 18.9 Å². The van der Waals surface area contributed by atoms with E-state index in [1.165, 1.54) is 12.1 Å². The van der Waals surface area contributed by atoms with Crippen molar-refractivity contribution in [1.29, 1.82) is 0 Å². The number of hydrogen-bond acceptors (Lipinski definition) is 3. The van der Waals surface area contributed by atoms with Gasteiger partial charge in [-0.2, -0.15) is 4.98 Å². The number of alkyl halides is 2. The number of nitrogens with zero attached hydrogens (tertiary/aromatic N) is 3. The molecule has 3 rings (SSSR count). The fraction of sp³-hybridized carbons (Fsp3) is 0.333. The summed E-state index contributed by atoms with van der Waals surface area (Å²) < 4.78 is 40.6. The first-order valence-electron chi connectivity index (χ1n) is 5.90. The van der Waals surface area contributed by atoms with Gasteiger partial charge in [-0.15, -0.1) is 5.10 Å². The first-order chi connectivity index (χ1) is 9.16. The summed E-state index contributed by atoms with van der Waals surface area (Å²) in [6.45, 7) is 0.407. The molecule has 19 heavy (non-hydrogen) atoms. The molecule has 0 aliphatic carbocycles. The van der Waals surface area contributed by atoms with E-state index < -0.39 is 18.3 Å². The average Bonchev–Trinajstić information content (AvgIpc) is 2.82. The van der Waals surface area contributed by atoms with Gasteiger partial charge in [-0.3, -0.25) is 0 Å². The standard InChI is InChI=1S/C12H11F3N4/c13-8-4-2-1-3-7(8)11-17-12-16-6-5-9(10(14)15)19(12)18-11/h1-4,9-10H,5-6H2,(H,16,17,18). The number of nitrogens with one attached hydrogen (secondary N) is 1. The van der Waals surface area contributed by atoms with Crippen molar-refractivity contribution in [2.75, 3.05) is 11.9 Å². The SMILES string of the molecule is Fc1ccccc1-c1nc2n(n1)C(C(F)F)CCN2. The Hall–Kier alpha value is -2.05. The number of aromatic nitrogens is 3. The maximum absolute atomic E-state index is 13.6. The molecule has 0 saturated carbocycles. The fourth-order valence-corrected chi connectivity index (χ4v) is 2.12. The van der Waals surface area contributed by atoms with Crippen molar-refractivity contribution < 1.29 is 13.2 Å². The van der Waals surface area contributed by atoms with Crippen molar-refractivity contribution >= 4 is 5.95 Å². The number of halogens is 3. The summed E-state index contributed by atoms with van der Waals surface area (Å²) >= 11 is 0. The lowest BCUT2D eigenvalue weighted by Crippen LogP contribution is -2.28. The molecule has 0 fully saturated rings. The summed E-state index contributed by atoms with van der Waals surface area (Å²) in [5, 5.41) is 6.90. The van der Waals surface area contributed by atoms with Crippen LogP contribution in [0.25, 0.3) is 11.4 Å². The Morgan fingerprint density at radius 1 is 1.32 bits per heavy atom. The van der Waals surface area contributed by atoms with E-state index >= 15 is 0 Å². The number of benzene rings is 1. The third kappa shape index (κ3) is 2.05. The molecule has 0 amide bonds. The van der Waals surface area contributed by atoms with E-state index in [1.807, 2.05) is 0 Å². The van der Waals surface area contributed by atoms with Gasteiger partial charge in [-0.25, -0.2) is 17.9 Å².